The number of thiol groups is 1. The van der Waals surface area contributed by atoms with Crippen molar-refractivity contribution in [3.63, 3.8) is 0 Å². The van der Waals surface area contributed by atoms with Crippen LogP contribution >= 0.6 is 32.0 Å². The molecule has 25 heavy (non-hydrogen) atoms. The fourth-order valence-electron chi connectivity index (χ4n) is 2.68. The molecule has 0 saturated heterocycles. The first kappa shape index (κ1) is 21.0. The van der Waals surface area contributed by atoms with Crippen LogP contribution in [0.1, 0.15) is 33.1 Å². The highest BCUT2D eigenvalue weighted by Gasteiger charge is 2.38. The number of benzene rings is 1. The number of allylic oxidation sites excluding steroid dienone is 1. The molecular weight excluding hydrogens is 398 g/mol. The van der Waals surface area contributed by atoms with Crippen LogP contribution in [0.25, 0.3) is 0 Å². The van der Waals surface area contributed by atoms with Crippen LogP contribution in [-0.2, 0) is 4.52 Å². The van der Waals surface area contributed by atoms with Gasteiger partial charge in [-0.25, -0.2) is 22.0 Å². The van der Waals surface area contributed by atoms with Crippen molar-refractivity contribution in [3.8, 4) is 0 Å². The molecule has 0 bridgehead atoms. The van der Waals surface area contributed by atoms with Crippen molar-refractivity contribution in [1.82, 2.24) is 0 Å². The summed E-state index contributed by atoms with van der Waals surface area (Å²) in [6.07, 6.45) is 2.04. The van der Waals surface area contributed by atoms with E-state index in [4.69, 9.17) is 4.52 Å². The van der Waals surface area contributed by atoms with Gasteiger partial charge < -0.3 is 4.52 Å². The van der Waals surface area contributed by atoms with Crippen LogP contribution in [-0.4, -0.2) is 10.9 Å². The third-order valence-electron chi connectivity index (χ3n) is 4.39. The lowest BCUT2D eigenvalue weighted by molar-refractivity contribution is 0.123. The van der Waals surface area contributed by atoms with Gasteiger partial charge in [-0.05, 0) is 39.0 Å². The zero-order valence-corrected chi connectivity index (χ0v) is 16.3. The maximum atomic E-state index is 13.7. The molecule has 1 saturated carbocycles. The van der Waals surface area contributed by atoms with E-state index >= 15 is 0 Å². The molecular formula is C16H18F5OPS2. The highest BCUT2D eigenvalue weighted by molar-refractivity contribution is 8.48. The minimum atomic E-state index is -2.16. The molecule has 0 aliphatic heterocycles. The maximum Gasteiger partial charge on any atom is 0.200 e. The van der Waals surface area contributed by atoms with Crippen LogP contribution in [0.2, 0.25) is 0 Å². The van der Waals surface area contributed by atoms with Gasteiger partial charge in [0.1, 0.15) is 0 Å². The minimum Gasteiger partial charge on any atom is -0.346 e. The summed E-state index contributed by atoms with van der Waals surface area (Å²) in [5, 5.41) is 0. The largest absolute Gasteiger partial charge is 0.346 e. The van der Waals surface area contributed by atoms with Gasteiger partial charge in [-0.3, -0.25) is 0 Å². The molecule has 1 aromatic carbocycles. The second-order valence-electron chi connectivity index (χ2n) is 6.37. The van der Waals surface area contributed by atoms with Crippen LogP contribution in [0, 0.1) is 35.0 Å². The van der Waals surface area contributed by atoms with E-state index in [-0.39, 0.29) is 12.0 Å². The predicted molar refractivity (Wildman–Crippen MR) is 94.8 cm³/mol. The quantitative estimate of drug-likeness (QED) is 0.148. The second kappa shape index (κ2) is 8.15. The number of hydrogen-bond donors (Lipinski definition) is 1. The zero-order valence-electron chi connectivity index (χ0n) is 13.6. The Morgan fingerprint density at radius 2 is 1.68 bits per heavy atom. The third kappa shape index (κ3) is 4.52. The molecule has 9 heteroatoms. The molecule has 2 rings (SSSR count). The summed E-state index contributed by atoms with van der Waals surface area (Å²) < 4.78 is 72.1. The summed E-state index contributed by atoms with van der Waals surface area (Å²) in [6, 6.07) is 0. The van der Waals surface area contributed by atoms with Crippen LogP contribution in [0.5, 0.6) is 0 Å². The SMILES string of the molecule is C=C(C)[C@@H]1CC[C@](C)(S)[C@H](OPSc2c(F)c(F)c(F)c(F)c2F)C1. The number of hydrogen-bond acceptors (Lipinski definition) is 3. The summed E-state index contributed by atoms with van der Waals surface area (Å²) in [5.74, 6) is -9.49. The minimum absolute atomic E-state index is 0.259. The van der Waals surface area contributed by atoms with Gasteiger partial charge in [0, 0.05) is 4.75 Å². The van der Waals surface area contributed by atoms with Crippen molar-refractivity contribution in [3.05, 3.63) is 41.2 Å². The van der Waals surface area contributed by atoms with Gasteiger partial charge in [-0.2, -0.15) is 12.6 Å². The van der Waals surface area contributed by atoms with Crippen LogP contribution in [0.4, 0.5) is 22.0 Å². The highest BCUT2D eigenvalue weighted by Crippen LogP contribution is 2.48. The summed E-state index contributed by atoms with van der Waals surface area (Å²) >= 11 is 5.06. The molecule has 0 N–H and O–H groups in total. The molecule has 0 radical (unpaired) electrons. The van der Waals surface area contributed by atoms with E-state index < -0.39 is 46.7 Å². The predicted octanol–water partition coefficient (Wildman–Crippen LogP) is 6.43. The maximum absolute atomic E-state index is 13.7. The van der Waals surface area contributed by atoms with Crippen LogP contribution < -0.4 is 0 Å². The molecule has 4 atom stereocenters. The van der Waals surface area contributed by atoms with E-state index in [2.05, 4.69) is 19.2 Å². The number of halogens is 5. The lowest BCUT2D eigenvalue weighted by atomic mass is 9.77. The molecule has 140 valence electrons. The van der Waals surface area contributed by atoms with Crippen LogP contribution in [0.3, 0.4) is 0 Å². The van der Waals surface area contributed by atoms with E-state index in [0.717, 1.165) is 18.4 Å². The van der Waals surface area contributed by atoms with Gasteiger partial charge in [0.15, 0.2) is 23.3 Å². The van der Waals surface area contributed by atoms with E-state index in [0.29, 0.717) is 17.8 Å². The molecule has 1 unspecified atom stereocenters. The van der Waals surface area contributed by atoms with E-state index in [1.54, 1.807) is 0 Å². The molecule has 1 aromatic rings. The van der Waals surface area contributed by atoms with Crippen molar-refractivity contribution < 1.29 is 26.5 Å². The molecule has 1 aliphatic rings. The van der Waals surface area contributed by atoms with Gasteiger partial charge in [0.2, 0.25) is 5.82 Å². The summed E-state index contributed by atoms with van der Waals surface area (Å²) in [4.78, 5) is -0.928. The van der Waals surface area contributed by atoms with Gasteiger partial charge in [-0.1, -0.05) is 23.5 Å². The Bertz CT molecular complexity index is 654. The van der Waals surface area contributed by atoms with Crippen molar-refractivity contribution in [2.24, 2.45) is 5.92 Å². The van der Waals surface area contributed by atoms with Gasteiger partial charge in [0.05, 0.1) is 19.0 Å². The van der Waals surface area contributed by atoms with Gasteiger partial charge in [0.25, 0.3) is 0 Å². The first-order valence-corrected chi connectivity index (χ1v) is 10.4. The van der Waals surface area contributed by atoms with Crippen molar-refractivity contribution >= 4 is 32.0 Å². The summed E-state index contributed by atoms with van der Waals surface area (Å²) in [6.45, 7) is 7.77. The van der Waals surface area contributed by atoms with Crippen molar-refractivity contribution in [2.75, 3.05) is 0 Å². The fourth-order valence-corrected chi connectivity index (χ4v) is 5.31. The summed E-state index contributed by atoms with van der Waals surface area (Å²) in [7, 11) is -0.525. The van der Waals surface area contributed by atoms with E-state index in [9.17, 15) is 22.0 Å². The average Bonchev–Trinajstić information content (AvgIpc) is 2.55. The smallest absolute Gasteiger partial charge is 0.200 e. The lowest BCUT2D eigenvalue weighted by Gasteiger charge is -2.41. The van der Waals surface area contributed by atoms with Crippen molar-refractivity contribution in [1.29, 1.82) is 0 Å². The molecule has 0 amide bonds. The van der Waals surface area contributed by atoms with Crippen molar-refractivity contribution in [2.45, 2.75) is 48.9 Å². The Morgan fingerprint density at radius 3 is 2.20 bits per heavy atom. The number of rotatable bonds is 5. The fraction of sp³-hybridized carbons (Fsp3) is 0.500. The van der Waals surface area contributed by atoms with Gasteiger partial charge >= 0.3 is 0 Å². The van der Waals surface area contributed by atoms with E-state index in [1.165, 1.54) is 0 Å². The van der Waals surface area contributed by atoms with Crippen LogP contribution in [0.15, 0.2) is 17.0 Å². The molecule has 1 aliphatic carbocycles. The zero-order chi connectivity index (χ0) is 18.9. The van der Waals surface area contributed by atoms with Gasteiger partial charge in [-0.15, -0.1) is 0 Å². The Labute approximate surface area is 154 Å². The lowest BCUT2D eigenvalue weighted by Crippen LogP contribution is -2.40. The molecule has 1 nitrogen and oxygen atoms in total. The Morgan fingerprint density at radius 1 is 1.16 bits per heavy atom. The normalized spacial score (nSPS) is 27.2. The Hall–Kier alpha value is -0.300. The first-order valence-electron chi connectivity index (χ1n) is 7.53. The average molecular weight is 416 g/mol. The monoisotopic (exact) mass is 416 g/mol. The summed E-state index contributed by atoms with van der Waals surface area (Å²) in [5.41, 5.74) is 1.02. The first-order chi connectivity index (χ1) is 11.6. The third-order valence-corrected chi connectivity index (χ3v) is 7.08. The molecule has 1 fully saturated rings. The van der Waals surface area contributed by atoms with E-state index in [1.807, 2.05) is 13.8 Å². The Balaban J connectivity index is 2.08. The Kier molecular flexibility index (Phi) is 6.85. The molecule has 0 aromatic heterocycles. The standard InChI is InChI=1S/C16H18F5OPS2/c1-7(2)8-4-5-16(3,24)9(6-8)22-23-25-15-13(20)11(18)10(17)12(19)14(15)21/h8-9,23-24H,1,4-6H2,2-3H3/t8-,9-,16+/m1/s1. The topological polar surface area (TPSA) is 9.23 Å². The second-order valence-corrected chi connectivity index (χ2v) is 9.51. The molecule has 0 heterocycles. The highest BCUT2D eigenvalue weighted by atomic mass is 32.7. The molecule has 0 spiro atoms.